The van der Waals surface area contributed by atoms with Crippen LogP contribution in [0.25, 0.3) is 0 Å². The molecule has 4 rings (SSSR count). The van der Waals surface area contributed by atoms with Gasteiger partial charge in [0.15, 0.2) is 0 Å². The van der Waals surface area contributed by atoms with Crippen LogP contribution in [0.3, 0.4) is 0 Å². The number of para-hydroxylation sites is 1. The molecule has 1 saturated heterocycles. The lowest BCUT2D eigenvalue weighted by Crippen LogP contribution is -2.48. The summed E-state index contributed by atoms with van der Waals surface area (Å²) in [5.74, 6) is -2.46. The van der Waals surface area contributed by atoms with Crippen molar-refractivity contribution in [1.82, 2.24) is 4.90 Å². The average molecular weight is 519 g/mol. The van der Waals surface area contributed by atoms with Crippen molar-refractivity contribution < 1.29 is 31.5 Å². The highest BCUT2D eigenvalue weighted by atomic mass is 32.2. The number of carboxylic acids is 1. The smallest absolute Gasteiger partial charge is 0.475 e. The number of benzene rings is 1. The number of rotatable bonds is 4. The zero-order chi connectivity index (χ0) is 25.3. The van der Waals surface area contributed by atoms with Gasteiger partial charge in [-0.25, -0.2) is 13.2 Å². The first-order valence-corrected chi connectivity index (χ1v) is 13.3. The number of hydrogen-bond donors (Lipinski definition) is 1. The third kappa shape index (κ3) is 5.11. The zero-order valence-electron chi connectivity index (χ0n) is 19.3. The van der Waals surface area contributed by atoms with Crippen LogP contribution in [0.4, 0.5) is 18.9 Å². The van der Waals surface area contributed by atoms with Gasteiger partial charge in [-0.3, -0.25) is 9.21 Å². The minimum absolute atomic E-state index is 0.296. The number of piperidine rings is 1. The molecule has 188 valence electrons. The summed E-state index contributed by atoms with van der Waals surface area (Å²) in [6, 6.07) is 10.1. The van der Waals surface area contributed by atoms with Crippen LogP contribution in [0.2, 0.25) is 0 Å². The molecule has 0 atom stereocenters. The molecule has 34 heavy (non-hydrogen) atoms. The standard InChI is InChI=1S/C21H28N2O2S2.C2HF3O2/c1-16(2)14-23-19-7-5-4-6-18(19)21(27(23,24)25)9-11-22(12-10-21)15-20-17(3)8-13-26-20;3-2(4,5)1(6)7/h4-8,13,16H,9-12,14-15H2,1-3H3;(H,6,7). The largest absolute Gasteiger partial charge is 0.490 e. The number of fused-ring (bicyclic) bond motifs is 2. The number of halogens is 3. The van der Waals surface area contributed by atoms with Crippen LogP contribution < -0.4 is 4.31 Å². The predicted octanol–water partition coefficient (Wildman–Crippen LogP) is 4.99. The van der Waals surface area contributed by atoms with Gasteiger partial charge < -0.3 is 5.11 Å². The van der Waals surface area contributed by atoms with Crippen LogP contribution in [0.5, 0.6) is 0 Å². The fraction of sp³-hybridized carbons (Fsp3) is 0.522. The number of nitrogens with zero attached hydrogens (tertiary/aromatic N) is 2. The Morgan fingerprint density at radius 3 is 2.26 bits per heavy atom. The van der Waals surface area contributed by atoms with Gasteiger partial charge in [0.25, 0.3) is 0 Å². The molecule has 3 heterocycles. The number of likely N-dealkylation sites (tertiary alicyclic amines) is 1. The van der Waals surface area contributed by atoms with Crippen molar-refractivity contribution >= 4 is 33.0 Å². The topological polar surface area (TPSA) is 77.9 Å². The van der Waals surface area contributed by atoms with E-state index in [2.05, 4.69) is 37.1 Å². The molecular formula is C23H29F3N2O4S2. The highest BCUT2D eigenvalue weighted by Gasteiger charge is 2.56. The molecule has 2 aliphatic rings. The average Bonchev–Trinajstić information content (AvgIpc) is 3.22. The third-order valence-electron chi connectivity index (χ3n) is 6.22. The Bertz CT molecular complexity index is 1120. The highest BCUT2D eigenvalue weighted by molar-refractivity contribution is 7.94. The van der Waals surface area contributed by atoms with Gasteiger partial charge in [-0.05, 0) is 54.3 Å². The minimum atomic E-state index is -5.08. The third-order valence-corrected chi connectivity index (χ3v) is 9.77. The lowest BCUT2D eigenvalue weighted by molar-refractivity contribution is -0.192. The van der Waals surface area contributed by atoms with Crippen molar-refractivity contribution in [2.75, 3.05) is 23.9 Å². The second kappa shape index (κ2) is 9.87. The number of sulfonamides is 1. The molecule has 1 fully saturated rings. The minimum Gasteiger partial charge on any atom is -0.475 e. The van der Waals surface area contributed by atoms with E-state index in [0.717, 1.165) is 30.9 Å². The number of carboxylic acid groups (broad SMARTS) is 1. The van der Waals surface area contributed by atoms with E-state index in [9.17, 15) is 21.6 Å². The molecule has 1 spiro atoms. The normalized spacial score (nSPS) is 19.1. The molecule has 0 amide bonds. The molecule has 0 unspecified atom stereocenters. The molecular weight excluding hydrogens is 489 g/mol. The van der Waals surface area contributed by atoms with Gasteiger partial charge in [-0.2, -0.15) is 13.2 Å². The summed E-state index contributed by atoms with van der Waals surface area (Å²) in [7, 11) is -3.39. The van der Waals surface area contributed by atoms with Crippen LogP contribution in [-0.4, -0.2) is 50.2 Å². The van der Waals surface area contributed by atoms with E-state index in [1.807, 2.05) is 24.3 Å². The first kappa shape index (κ1) is 26.5. The summed E-state index contributed by atoms with van der Waals surface area (Å²) < 4.78 is 60.0. The number of alkyl halides is 3. The maximum absolute atomic E-state index is 13.6. The van der Waals surface area contributed by atoms with E-state index in [1.165, 1.54) is 10.4 Å². The Morgan fingerprint density at radius 2 is 1.76 bits per heavy atom. The monoisotopic (exact) mass is 518 g/mol. The molecule has 2 aliphatic heterocycles. The molecule has 0 saturated carbocycles. The van der Waals surface area contributed by atoms with Gasteiger partial charge in [-0.1, -0.05) is 32.0 Å². The second-order valence-electron chi connectivity index (χ2n) is 9.05. The molecule has 1 aromatic carbocycles. The van der Waals surface area contributed by atoms with Gasteiger partial charge in [0.05, 0.1) is 5.69 Å². The van der Waals surface area contributed by atoms with Crippen LogP contribution in [0.1, 0.15) is 42.7 Å². The summed E-state index contributed by atoms with van der Waals surface area (Å²) in [6.07, 6.45) is -3.74. The summed E-state index contributed by atoms with van der Waals surface area (Å²) >= 11 is 1.79. The van der Waals surface area contributed by atoms with Crippen molar-refractivity contribution in [3.8, 4) is 0 Å². The molecule has 1 N–H and O–H groups in total. The zero-order valence-corrected chi connectivity index (χ0v) is 20.9. The van der Waals surface area contributed by atoms with Crippen molar-refractivity contribution in [2.24, 2.45) is 5.92 Å². The van der Waals surface area contributed by atoms with Crippen molar-refractivity contribution in [1.29, 1.82) is 0 Å². The van der Waals surface area contributed by atoms with Crippen molar-refractivity contribution in [3.63, 3.8) is 0 Å². The molecule has 2 aromatic rings. The Labute approximate surface area is 202 Å². The number of anilines is 1. The number of aryl methyl sites for hydroxylation is 1. The van der Waals surface area contributed by atoms with Gasteiger partial charge in [0, 0.05) is 31.1 Å². The lowest BCUT2D eigenvalue weighted by Gasteiger charge is -2.39. The summed E-state index contributed by atoms with van der Waals surface area (Å²) in [5, 5.41) is 9.26. The number of thiophene rings is 1. The fourth-order valence-corrected chi connectivity index (χ4v) is 7.88. The maximum Gasteiger partial charge on any atom is 0.490 e. The van der Waals surface area contributed by atoms with Gasteiger partial charge in [0.1, 0.15) is 4.75 Å². The molecule has 0 bridgehead atoms. The van der Waals surface area contributed by atoms with E-state index in [4.69, 9.17) is 9.90 Å². The van der Waals surface area contributed by atoms with Gasteiger partial charge in [0.2, 0.25) is 10.0 Å². The Balaban J connectivity index is 0.000000406. The summed E-state index contributed by atoms with van der Waals surface area (Å²) in [6.45, 7) is 9.43. The molecule has 0 aliphatic carbocycles. The number of aliphatic carboxylic acids is 1. The first-order valence-electron chi connectivity index (χ1n) is 11.0. The van der Waals surface area contributed by atoms with Crippen LogP contribution in [-0.2, 0) is 26.1 Å². The summed E-state index contributed by atoms with van der Waals surface area (Å²) in [5.41, 5.74) is 3.24. The highest BCUT2D eigenvalue weighted by Crippen LogP contribution is 2.52. The van der Waals surface area contributed by atoms with Crippen LogP contribution in [0.15, 0.2) is 35.7 Å². The SMILES string of the molecule is Cc1ccsc1CN1CCC2(CC1)c1ccccc1N(CC(C)C)S2(=O)=O.O=C(O)C(F)(F)F. The Morgan fingerprint density at radius 1 is 1.18 bits per heavy atom. The first-order chi connectivity index (χ1) is 15.8. The Kier molecular flexibility index (Phi) is 7.69. The molecule has 6 nitrogen and oxygen atoms in total. The molecule has 0 radical (unpaired) electrons. The predicted molar refractivity (Wildman–Crippen MR) is 126 cm³/mol. The van der Waals surface area contributed by atoms with Crippen molar-refractivity contribution in [2.45, 2.75) is 51.1 Å². The van der Waals surface area contributed by atoms with Crippen molar-refractivity contribution in [3.05, 3.63) is 51.7 Å². The summed E-state index contributed by atoms with van der Waals surface area (Å²) in [4.78, 5) is 12.7. The molecule has 1 aromatic heterocycles. The van der Waals surface area contributed by atoms with Crippen LogP contribution >= 0.6 is 11.3 Å². The van der Waals surface area contributed by atoms with E-state index in [1.54, 1.807) is 15.6 Å². The molecule has 11 heteroatoms. The second-order valence-corrected chi connectivity index (χ2v) is 12.2. The number of hydrogen-bond acceptors (Lipinski definition) is 5. The van der Waals surface area contributed by atoms with E-state index >= 15 is 0 Å². The fourth-order valence-electron chi connectivity index (χ4n) is 4.45. The van der Waals surface area contributed by atoms with E-state index in [0.29, 0.717) is 25.3 Å². The van der Waals surface area contributed by atoms with E-state index < -0.39 is 26.9 Å². The van der Waals surface area contributed by atoms with E-state index in [-0.39, 0.29) is 0 Å². The van der Waals surface area contributed by atoms with Crippen LogP contribution in [0, 0.1) is 12.8 Å². The maximum atomic E-state index is 13.6. The van der Waals surface area contributed by atoms with Gasteiger partial charge in [-0.15, -0.1) is 11.3 Å². The quantitative estimate of drug-likeness (QED) is 0.617. The Hall–Kier alpha value is -2.11. The number of carbonyl (C=O) groups is 1. The lowest BCUT2D eigenvalue weighted by atomic mass is 9.87. The van der Waals surface area contributed by atoms with Gasteiger partial charge >= 0.3 is 12.1 Å².